The van der Waals surface area contributed by atoms with Crippen LogP contribution in [-0.4, -0.2) is 13.1 Å². The molecule has 1 atom stereocenters. The molecule has 4 heteroatoms. The number of rotatable bonds is 3. The van der Waals surface area contributed by atoms with Crippen molar-refractivity contribution in [3.05, 3.63) is 45.3 Å². The van der Waals surface area contributed by atoms with Crippen LogP contribution in [0, 0.1) is 13.8 Å². The van der Waals surface area contributed by atoms with Crippen LogP contribution in [0.5, 0.6) is 0 Å². The van der Waals surface area contributed by atoms with E-state index >= 15 is 0 Å². The Bertz CT molecular complexity index is 712. The molecule has 0 aliphatic carbocycles. The van der Waals surface area contributed by atoms with E-state index in [0.29, 0.717) is 28.7 Å². The van der Waals surface area contributed by atoms with Crippen molar-refractivity contribution in [2.75, 3.05) is 7.11 Å². The Balaban J connectivity index is 2.64. The predicted octanol–water partition coefficient (Wildman–Crippen LogP) is 3.08. The normalized spacial score (nSPS) is 12.4. The van der Waals surface area contributed by atoms with Gasteiger partial charge in [-0.3, -0.25) is 9.59 Å². The van der Waals surface area contributed by atoms with Crippen molar-refractivity contribution in [3.8, 4) is 0 Å². The molecule has 0 amide bonds. The Hall–Kier alpha value is -2.10. The van der Waals surface area contributed by atoms with E-state index in [1.54, 1.807) is 26.0 Å². The maximum absolute atomic E-state index is 12.3. The van der Waals surface area contributed by atoms with E-state index in [9.17, 15) is 9.59 Å². The highest BCUT2D eigenvalue weighted by atomic mass is 16.5. The highest BCUT2D eigenvalue weighted by Gasteiger charge is 2.20. The van der Waals surface area contributed by atoms with Gasteiger partial charge in [0.05, 0.1) is 18.4 Å². The molecule has 0 fully saturated rings. The topological polar surface area (TPSA) is 56.5 Å². The number of hydrogen-bond donors (Lipinski definition) is 0. The summed E-state index contributed by atoms with van der Waals surface area (Å²) in [6.45, 7) is 5.42. The van der Waals surface area contributed by atoms with Gasteiger partial charge in [0.1, 0.15) is 11.3 Å². The van der Waals surface area contributed by atoms with E-state index in [1.807, 2.05) is 13.0 Å². The van der Waals surface area contributed by atoms with Gasteiger partial charge in [0.2, 0.25) is 0 Å². The first-order valence-electron chi connectivity index (χ1n) is 6.61. The summed E-state index contributed by atoms with van der Waals surface area (Å²) in [6.07, 6.45) is 0.619. The van der Waals surface area contributed by atoms with Crippen LogP contribution in [0.4, 0.5) is 0 Å². The Morgan fingerprint density at radius 3 is 2.65 bits per heavy atom. The van der Waals surface area contributed by atoms with Gasteiger partial charge >= 0.3 is 5.97 Å². The van der Waals surface area contributed by atoms with E-state index < -0.39 is 0 Å². The number of carbonyl (C=O) groups is 1. The molecule has 106 valence electrons. The third-order valence-electron chi connectivity index (χ3n) is 3.68. The lowest BCUT2D eigenvalue weighted by Gasteiger charge is -2.13. The van der Waals surface area contributed by atoms with Crippen molar-refractivity contribution >= 4 is 16.9 Å². The average molecular weight is 274 g/mol. The first-order valence-corrected chi connectivity index (χ1v) is 6.61. The summed E-state index contributed by atoms with van der Waals surface area (Å²) in [4.78, 5) is 24.0. The van der Waals surface area contributed by atoms with Crippen molar-refractivity contribution in [1.29, 1.82) is 0 Å². The summed E-state index contributed by atoms with van der Waals surface area (Å²) < 4.78 is 10.4. The summed E-state index contributed by atoms with van der Waals surface area (Å²) in [5.74, 6) is -0.0271. The second kappa shape index (κ2) is 5.49. The van der Waals surface area contributed by atoms with Gasteiger partial charge in [-0.1, -0.05) is 13.0 Å². The van der Waals surface area contributed by atoms with Crippen LogP contribution in [0.1, 0.15) is 36.1 Å². The van der Waals surface area contributed by atoms with Gasteiger partial charge in [-0.05, 0) is 38.0 Å². The second-order valence-electron chi connectivity index (χ2n) is 4.85. The monoisotopic (exact) mass is 274 g/mol. The lowest BCUT2D eigenvalue weighted by Crippen LogP contribution is -2.14. The number of aryl methyl sites for hydroxylation is 1. The zero-order valence-corrected chi connectivity index (χ0v) is 12.1. The summed E-state index contributed by atoms with van der Waals surface area (Å²) >= 11 is 0. The third kappa shape index (κ3) is 2.33. The molecular formula is C16H18O4. The van der Waals surface area contributed by atoms with Gasteiger partial charge in [-0.25, -0.2) is 0 Å². The Labute approximate surface area is 117 Å². The molecule has 4 nitrogen and oxygen atoms in total. The van der Waals surface area contributed by atoms with Gasteiger partial charge in [-0.15, -0.1) is 0 Å². The lowest BCUT2D eigenvalue weighted by atomic mass is 9.95. The van der Waals surface area contributed by atoms with Gasteiger partial charge < -0.3 is 9.15 Å². The predicted molar refractivity (Wildman–Crippen MR) is 77.0 cm³/mol. The minimum atomic E-state index is -0.356. The van der Waals surface area contributed by atoms with Crippen molar-refractivity contribution in [3.63, 3.8) is 0 Å². The number of hydrogen-bond acceptors (Lipinski definition) is 4. The van der Waals surface area contributed by atoms with Crippen LogP contribution in [0.2, 0.25) is 0 Å². The van der Waals surface area contributed by atoms with Crippen LogP contribution in [0.25, 0.3) is 11.0 Å². The minimum Gasteiger partial charge on any atom is -0.469 e. The van der Waals surface area contributed by atoms with Crippen molar-refractivity contribution in [2.24, 2.45) is 0 Å². The molecular weight excluding hydrogens is 256 g/mol. The molecule has 0 radical (unpaired) electrons. The van der Waals surface area contributed by atoms with E-state index in [2.05, 4.69) is 0 Å². The summed E-state index contributed by atoms with van der Waals surface area (Å²) in [5, 5.41) is 0.507. The number of carbonyl (C=O) groups excluding carboxylic acids is 1. The molecule has 0 bridgehead atoms. The first-order chi connectivity index (χ1) is 9.49. The highest BCUT2D eigenvalue weighted by Crippen LogP contribution is 2.25. The Kier molecular flexibility index (Phi) is 3.93. The maximum Gasteiger partial charge on any atom is 0.313 e. The molecule has 0 saturated carbocycles. The fourth-order valence-electron chi connectivity index (χ4n) is 2.31. The molecule has 1 unspecified atom stereocenters. The zero-order valence-electron chi connectivity index (χ0n) is 12.1. The smallest absolute Gasteiger partial charge is 0.313 e. The van der Waals surface area contributed by atoms with E-state index in [4.69, 9.17) is 9.15 Å². The second-order valence-corrected chi connectivity index (χ2v) is 4.85. The van der Waals surface area contributed by atoms with Gasteiger partial charge in [0.15, 0.2) is 5.43 Å². The van der Waals surface area contributed by atoms with E-state index in [-0.39, 0.29) is 17.3 Å². The molecule has 20 heavy (non-hydrogen) atoms. The van der Waals surface area contributed by atoms with Crippen LogP contribution in [0.15, 0.2) is 27.4 Å². The van der Waals surface area contributed by atoms with Gasteiger partial charge in [0, 0.05) is 5.56 Å². The molecule has 0 N–H and O–H groups in total. The molecule has 2 aromatic rings. The molecule has 2 rings (SSSR count). The molecule has 1 heterocycles. The molecule has 0 spiro atoms. The van der Waals surface area contributed by atoms with Crippen LogP contribution < -0.4 is 5.43 Å². The van der Waals surface area contributed by atoms with Crippen molar-refractivity contribution in [2.45, 2.75) is 33.1 Å². The summed E-state index contributed by atoms with van der Waals surface area (Å²) in [7, 11) is 1.37. The van der Waals surface area contributed by atoms with E-state index in [1.165, 1.54) is 7.11 Å². The molecule has 0 aliphatic rings. The fourth-order valence-corrected chi connectivity index (χ4v) is 2.31. The zero-order chi connectivity index (χ0) is 14.9. The summed E-state index contributed by atoms with van der Waals surface area (Å²) in [6, 6.07) is 5.29. The number of fused-ring (bicyclic) bond motifs is 1. The fraction of sp³-hybridized carbons (Fsp3) is 0.375. The molecule has 1 aromatic heterocycles. The SMILES string of the molecule is CCC(C(=O)OC)c1ccc2oc(C)c(C)c(=O)c2c1. The van der Waals surface area contributed by atoms with Crippen LogP contribution in [-0.2, 0) is 9.53 Å². The number of methoxy groups -OCH3 is 1. The number of ether oxygens (including phenoxy) is 1. The quantitative estimate of drug-likeness (QED) is 0.807. The largest absolute Gasteiger partial charge is 0.469 e. The molecule has 0 saturated heterocycles. The lowest BCUT2D eigenvalue weighted by molar-refractivity contribution is -0.142. The minimum absolute atomic E-state index is 0.0506. The van der Waals surface area contributed by atoms with Crippen LogP contribution in [0.3, 0.4) is 0 Å². The standard InChI is InChI=1S/C16H18O4/c1-5-12(16(18)19-4)11-6-7-14-13(8-11)15(17)9(2)10(3)20-14/h6-8,12H,5H2,1-4H3. The van der Waals surface area contributed by atoms with E-state index in [0.717, 1.165) is 5.56 Å². The average Bonchev–Trinajstić information content (AvgIpc) is 2.46. The Morgan fingerprint density at radius 1 is 1.35 bits per heavy atom. The maximum atomic E-state index is 12.3. The number of benzene rings is 1. The molecule has 0 aliphatic heterocycles. The summed E-state index contributed by atoms with van der Waals surface area (Å²) in [5.41, 5.74) is 1.87. The first kappa shape index (κ1) is 14.3. The van der Waals surface area contributed by atoms with Crippen molar-refractivity contribution < 1.29 is 13.9 Å². The molecule has 1 aromatic carbocycles. The van der Waals surface area contributed by atoms with Crippen LogP contribution >= 0.6 is 0 Å². The number of esters is 1. The van der Waals surface area contributed by atoms with Gasteiger partial charge in [-0.2, -0.15) is 0 Å². The van der Waals surface area contributed by atoms with Gasteiger partial charge in [0.25, 0.3) is 0 Å². The Morgan fingerprint density at radius 2 is 2.05 bits per heavy atom. The highest BCUT2D eigenvalue weighted by molar-refractivity contribution is 5.83. The third-order valence-corrected chi connectivity index (χ3v) is 3.68. The van der Waals surface area contributed by atoms with Crippen molar-refractivity contribution in [1.82, 2.24) is 0 Å².